The number of hydrogen-bond donors (Lipinski definition) is 3. The van der Waals surface area contributed by atoms with Crippen LogP contribution in [0, 0.1) is 17.8 Å². The Labute approximate surface area is 214 Å². The van der Waals surface area contributed by atoms with Gasteiger partial charge in [0, 0.05) is 44.5 Å². The summed E-state index contributed by atoms with van der Waals surface area (Å²) in [5.74, 6) is -3.77. The summed E-state index contributed by atoms with van der Waals surface area (Å²) in [4.78, 5) is 36.9. The molecule has 3 atom stereocenters. The number of aromatic nitrogens is 1. The minimum atomic E-state index is -5.08. The fourth-order valence-corrected chi connectivity index (χ4v) is 4.41. The summed E-state index contributed by atoms with van der Waals surface area (Å²) in [6.45, 7) is 4.51. The van der Waals surface area contributed by atoms with E-state index in [4.69, 9.17) is 24.5 Å². The van der Waals surface area contributed by atoms with Gasteiger partial charge in [0.05, 0.1) is 13.2 Å². The van der Waals surface area contributed by atoms with Gasteiger partial charge in [0.2, 0.25) is 5.91 Å². The summed E-state index contributed by atoms with van der Waals surface area (Å²) < 4.78 is 69.3. The number of alkyl halides is 6. The predicted octanol–water partition coefficient (Wildman–Crippen LogP) is 3.10. The molecule has 9 nitrogen and oxygen atoms in total. The Hall–Kier alpha value is -2.94. The number of nitrogens with zero attached hydrogens (tertiary/aromatic N) is 2. The van der Waals surface area contributed by atoms with Crippen molar-refractivity contribution in [3.05, 3.63) is 30.1 Å². The number of pyridine rings is 1. The number of hydrogen-bond acceptors (Lipinski definition) is 6. The van der Waals surface area contributed by atoms with E-state index in [1.807, 2.05) is 12.1 Å². The van der Waals surface area contributed by atoms with Crippen LogP contribution in [0.3, 0.4) is 0 Å². The van der Waals surface area contributed by atoms with Crippen molar-refractivity contribution in [2.24, 2.45) is 17.8 Å². The highest BCUT2D eigenvalue weighted by molar-refractivity contribution is 5.76. The molecule has 1 amide bonds. The molecule has 2 aliphatic heterocycles. The molecule has 3 N–H and O–H groups in total. The predicted molar refractivity (Wildman–Crippen MR) is 119 cm³/mol. The number of carboxylic acid groups (broad SMARTS) is 2. The molecule has 1 saturated carbocycles. The molecule has 1 aromatic heterocycles. The molecule has 3 aliphatic rings. The third-order valence-electron chi connectivity index (χ3n) is 6.53. The number of rotatable bonds is 5. The molecule has 3 heterocycles. The summed E-state index contributed by atoms with van der Waals surface area (Å²) in [7, 11) is 0. The van der Waals surface area contributed by atoms with E-state index in [2.05, 4.69) is 15.2 Å². The standard InChI is InChI=1S/C19H27N3O2.2C2HF3O2/c23-19(21-9-14-3-2-6-20-8-14)7-15-12-24-13-16-10-22(11-18(15)16)17-4-1-5-17;2*3-2(4,5)1(6)7/h2-3,6,8,15-18H,1,4-5,7,9-13H2,(H,21,23);2*(H,6,7)/t15-,16-,18+;;/m1../s1. The zero-order chi connectivity index (χ0) is 28.5. The minimum absolute atomic E-state index is 0.134. The molecule has 0 aromatic carbocycles. The van der Waals surface area contributed by atoms with Crippen LogP contribution in [0.2, 0.25) is 0 Å². The number of likely N-dealkylation sites (tertiary alicyclic amines) is 1. The van der Waals surface area contributed by atoms with Gasteiger partial charge in [0.15, 0.2) is 0 Å². The maximum absolute atomic E-state index is 12.4. The van der Waals surface area contributed by atoms with Gasteiger partial charge >= 0.3 is 24.3 Å². The first-order chi connectivity index (χ1) is 17.7. The van der Waals surface area contributed by atoms with E-state index < -0.39 is 24.3 Å². The van der Waals surface area contributed by atoms with Crippen LogP contribution in [-0.4, -0.2) is 82.6 Å². The highest BCUT2D eigenvalue weighted by Crippen LogP contribution is 2.39. The van der Waals surface area contributed by atoms with Crippen LogP contribution in [0.4, 0.5) is 26.3 Å². The highest BCUT2D eigenvalue weighted by Gasteiger charge is 2.44. The van der Waals surface area contributed by atoms with Crippen LogP contribution in [0.25, 0.3) is 0 Å². The van der Waals surface area contributed by atoms with Crippen molar-refractivity contribution in [1.82, 2.24) is 15.2 Å². The molecular weight excluding hydrogens is 528 g/mol. The van der Waals surface area contributed by atoms with Crippen LogP contribution in [0.5, 0.6) is 0 Å². The van der Waals surface area contributed by atoms with Crippen LogP contribution < -0.4 is 5.32 Å². The fraction of sp³-hybridized carbons (Fsp3) is 0.652. The normalized spacial score (nSPS) is 23.5. The van der Waals surface area contributed by atoms with E-state index in [0.717, 1.165) is 24.8 Å². The summed E-state index contributed by atoms with van der Waals surface area (Å²) in [5.41, 5.74) is 1.04. The van der Waals surface area contributed by atoms with Gasteiger partial charge in [-0.25, -0.2) is 9.59 Å². The number of carbonyl (C=O) groups excluding carboxylic acids is 1. The first kappa shape index (κ1) is 31.3. The summed E-state index contributed by atoms with van der Waals surface area (Å²) in [5, 5.41) is 17.3. The largest absolute Gasteiger partial charge is 0.490 e. The van der Waals surface area contributed by atoms with Crippen LogP contribution in [-0.2, 0) is 25.7 Å². The fourth-order valence-electron chi connectivity index (χ4n) is 4.41. The van der Waals surface area contributed by atoms with E-state index in [0.29, 0.717) is 30.7 Å². The Morgan fingerprint density at radius 3 is 2.11 bits per heavy atom. The van der Waals surface area contributed by atoms with E-state index in [1.165, 1.54) is 32.4 Å². The molecule has 0 radical (unpaired) electrons. The molecule has 0 spiro atoms. The quantitative estimate of drug-likeness (QED) is 0.472. The molecule has 214 valence electrons. The molecule has 0 unspecified atom stereocenters. The lowest BCUT2D eigenvalue weighted by Crippen LogP contribution is -2.39. The van der Waals surface area contributed by atoms with E-state index >= 15 is 0 Å². The van der Waals surface area contributed by atoms with Gasteiger partial charge in [-0.1, -0.05) is 12.5 Å². The van der Waals surface area contributed by atoms with Gasteiger partial charge < -0.3 is 20.3 Å². The van der Waals surface area contributed by atoms with Crippen molar-refractivity contribution in [1.29, 1.82) is 0 Å². The van der Waals surface area contributed by atoms with E-state index in [1.54, 1.807) is 12.4 Å². The summed E-state index contributed by atoms with van der Waals surface area (Å²) in [6, 6.07) is 4.69. The maximum atomic E-state index is 12.4. The average molecular weight is 557 g/mol. The first-order valence-corrected chi connectivity index (χ1v) is 11.8. The number of nitrogens with one attached hydrogen (secondary N) is 1. The van der Waals surface area contributed by atoms with Gasteiger partial charge in [-0.15, -0.1) is 0 Å². The Morgan fingerprint density at radius 1 is 1.03 bits per heavy atom. The van der Waals surface area contributed by atoms with E-state index in [9.17, 15) is 31.1 Å². The van der Waals surface area contributed by atoms with Crippen LogP contribution >= 0.6 is 0 Å². The Morgan fingerprint density at radius 2 is 1.63 bits per heavy atom. The third kappa shape index (κ3) is 10.1. The Kier molecular flexibility index (Phi) is 11.3. The number of ether oxygens (including phenoxy) is 1. The lowest BCUT2D eigenvalue weighted by Gasteiger charge is -2.35. The molecule has 4 rings (SSSR count). The third-order valence-corrected chi connectivity index (χ3v) is 6.53. The van der Waals surface area contributed by atoms with Crippen molar-refractivity contribution in [2.45, 2.75) is 50.6 Å². The van der Waals surface area contributed by atoms with Crippen LogP contribution in [0.15, 0.2) is 24.5 Å². The number of aliphatic carboxylic acids is 2. The second-order valence-corrected chi connectivity index (χ2v) is 9.21. The van der Waals surface area contributed by atoms with Crippen molar-refractivity contribution >= 4 is 17.8 Å². The van der Waals surface area contributed by atoms with Gasteiger partial charge in [-0.3, -0.25) is 14.7 Å². The van der Waals surface area contributed by atoms with Gasteiger partial charge in [-0.05, 0) is 42.2 Å². The van der Waals surface area contributed by atoms with Crippen molar-refractivity contribution in [3.63, 3.8) is 0 Å². The van der Waals surface area contributed by atoms with Gasteiger partial charge in [0.1, 0.15) is 0 Å². The average Bonchev–Trinajstić information content (AvgIpc) is 3.21. The minimum Gasteiger partial charge on any atom is -0.475 e. The number of amides is 1. The number of carboxylic acids is 2. The van der Waals surface area contributed by atoms with Crippen molar-refractivity contribution < 1.29 is 55.7 Å². The molecule has 3 fully saturated rings. The molecule has 1 aromatic rings. The first-order valence-electron chi connectivity index (χ1n) is 11.8. The molecule has 15 heteroatoms. The van der Waals surface area contributed by atoms with Crippen LogP contribution in [0.1, 0.15) is 31.2 Å². The second-order valence-electron chi connectivity index (χ2n) is 9.21. The molecule has 2 saturated heterocycles. The molecule has 0 bridgehead atoms. The number of carbonyl (C=O) groups is 3. The maximum Gasteiger partial charge on any atom is 0.490 e. The zero-order valence-electron chi connectivity index (χ0n) is 20.2. The number of halogens is 6. The van der Waals surface area contributed by atoms with Crippen molar-refractivity contribution in [3.8, 4) is 0 Å². The molecular formula is C23H29F6N3O6. The lowest BCUT2D eigenvalue weighted by atomic mass is 9.81. The SMILES string of the molecule is O=C(C[C@@H]1COC[C@H]2CN(C3CCC3)C[C@@H]12)NCc1cccnc1.O=C(O)C(F)(F)F.O=C(O)C(F)(F)F. The van der Waals surface area contributed by atoms with E-state index in [-0.39, 0.29) is 5.91 Å². The highest BCUT2D eigenvalue weighted by atomic mass is 19.4. The zero-order valence-corrected chi connectivity index (χ0v) is 20.2. The Bertz CT molecular complexity index is 902. The molecule has 1 aliphatic carbocycles. The van der Waals surface area contributed by atoms with Crippen molar-refractivity contribution in [2.75, 3.05) is 26.3 Å². The summed E-state index contributed by atoms with van der Waals surface area (Å²) >= 11 is 0. The Balaban J connectivity index is 0.000000301. The topological polar surface area (TPSA) is 129 Å². The molecule has 38 heavy (non-hydrogen) atoms. The monoisotopic (exact) mass is 557 g/mol. The number of fused-ring (bicyclic) bond motifs is 1. The lowest BCUT2D eigenvalue weighted by molar-refractivity contribution is -0.193. The second kappa shape index (κ2) is 13.7. The van der Waals surface area contributed by atoms with Gasteiger partial charge in [-0.2, -0.15) is 26.3 Å². The smallest absolute Gasteiger partial charge is 0.475 e. The van der Waals surface area contributed by atoms with Gasteiger partial charge in [0.25, 0.3) is 0 Å². The summed E-state index contributed by atoms with van der Waals surface area (Å²) in [6.07, 6.45) is -1.94.